The number of carbonyl (C=O) groups is 2. The van der Waals surface area contributed by atoms with E-state index in [0.29, 0.717) is 11.4 Å². The van der Waals surface area contributed by atoms with Crippen molar-refractivity contribution in [1.82, 2.24) is 29.9 Å². The average molecular weight is 1330 g/mol. The maximum atomic E-state index is 12.5. The number of ether oxygens (including phenoxy) is 2. The maximum Gasteiger partial charge on any atom is 0.295 e. The molecule has 0 aliphatic rings. The Balaban J connectivity index is 0.983. The minimum Gasteiger partial charge on any atom is -0.494 e. The van der Waals surface area contributed by atoms with Crippen molar-refractivity contribution in [3.05, 3.63) is 119 Å². The van der Waals surface area contributed by atoms with Gasteiger partial charge in [-0.15, -0.1) is 10.2 Å². The summed E-state index contributed by atoms with van der Waals surface area (Å²) in [6, 6.07) is 21.3. The Morgan fingerprint density at radius 2 is 0.798 bits per heavy atom. The number of fused-ring (bicyclic) bond motifs is 2. The van der Waals surface area contributed by atoms with Crippen LogP contribution >= 0.6 is 23.2 Å². The van der Waals surface area contributed by atoms with E-state index in [1.54, 1.807) is 25.1 Å². The molecule has 7 aromatic carbocycles. The standard InChI is InChI=1S/C51H42Cl2N16O16S4/c1-23-12-13-32(56-48-60-46(52)62-50(64-48)58-38-19-34(54-24(2)70)36(21-40(38)84-4)68-66-26-15-30-28(44(17-26)88(78,79)80)8-6-10-42(30)86(72,73)74)33(14-23)57-49-61-47(53)63-51(65-49)59-39-20-35(55-25(3)71)37(22-41(39)85-5)69-67-27-16-31-29(45(18-27)89(81,82)83)9-7-11-43(31)87(75,76)77/h6-22H,1-5H3,(H,54,70)(H,55,71)(H,72,73,74)(H,75,76,77)(H,78,79,80)(H,81,82,83)(H2,56,58,60,62,64)(H2,57,59,61,63,65). The lowest BCUT2D eigenvalue weighted by atomic mass is 10.1. The molecule has 2 aromatic heterocycles. The minimum absolute atomic E-state index is 0.0000895. The first-order valence-corrected chi connectivity index (χ1v) is 31.2. The molecule has 0 saturated heterocycles. The molecular weight excluding hydrogens is 1290 g/mol. The number of hydrogen-bond donors (Lipinski definition) is 10. The third-order valence-electron chi connectivity index (χ3n) is 12.1. The molecule has 0 fully saturated rings. The van der Waals surface area contributed by atoms with Crippen molar-refractivity contribution in [2.45, 2.75) is 40.4 Å². The molecule has 32 nitrogen and oxygen atoms in total. The van der Waals surface area contributed by atoms with Crippen LogP contribution in [0, 0.1) is 6.92 Å². The Morgan fingerprint density at radius 1 is 0.427 bits per heavy atom. The fourth-order valence-electron chi connectivity index (χ4n) is 8.53. The normalized spacial score (nSPS) is 12.1. The van der Waals surface area contributed by atoms with Gasteiger partial charge >= 0.3 is 0 Å². The molecule has 460 valence electrons. The molecule has 0 unspecified atom stereocenters. The van der Waals surface area contributed by atoms with E-state index in [9.17, 15) is 61.5 Å². The number of hydrogen-bond acceptors (Lipinski definition) is 26. The number of nitrogens with one attached hydrogen (secondary N) is 6. The van der Waals surface area contributed by atoms with Crippen LogP contribution in [0.3, 0.4) is 0 Å². The van der Waals surface area contributed by atoms with Crippen LogP contribution in [0.15, 0.2) is 143 Å². The van der Waals surface area contributed by atoms with Crippen molar-refractivity contribution in [3.63, 3.8) is 0 Å². The van der Waals surface area contributed by atoms with Crippen LogP contribution in [0.2, 0.25) is 10.6 Å². The van der Waals surface area contributed by atoms with Gasteiger partial charge in [-0.1, -0.05) is 30.3 Å². The van der Waals surface area contributed by atoms with Gasteiger partial charge < -0.3 is 41.4 Å². The molecule has 0 saturated carbocycles. The largest absolute Gasteiger partial charge is 0.494 e. The highest BCUT2D eigenvalue weighted by molar-refractivity contribution is 7.87. The van der Waals surface area contributed by atoms with Crippen LogP contribution in [0.5, 0.6) is 11.5 Å². The molecular formula is C51H42Cl2N16O16S4. The van der Waals surface area contributed by atoms with Gasteiger partial charge in [0.1, 0.15) is 42.5 Å². The first-order valence-electron chi connectivity index (χ1n) is 24.7. The Labute approximate surface area is 513 Å². The lowest BCUT2D eigenvalue weighted by Crippen LogP contribution is -2.09. The summed E-state index contributed by atoms with van der Waals surface area (Å²) in [6.07, 6.45) is 0. The van der Waals surface area contributed by atoms with Crippen molar-refractivity contribution in [2.75, 3.05) is 46.1 Å². The average Bonchev–Trinajstić information content (AvgIpc) is 3.63. The van der Waals surface area contributed by atoms with Gasteiger partial charge in [-0.25, -0.2) is 0 Å². The number of carbonyl (C=O) groups excluding carboxylic acids is 2. The third kappa shape index (κ3) is 15.2. The molecule has 10 N–H and O–H groups in total. The van der Waals surface area contributed by atoms with Crippen molar-refractivity contribution in [1.29, 1.82) is 0 Å². The van der Waals surface area contributed by atoms with E-state index in [1.807, 2.05) is 0 Å². The van der Waals surface area contributed by atoms with Gasteiger partial charge in [0, 0.05) is 47.5 Å². The Kier molecular flexibility index (Phi) is 18.0. The van der Waals surface area contributed by atoms with Gasteiger partial charge in [0.2, 0.25) is 46.2 Å². The van der Waals surface area contributed by atoms with Gasteiger partial charge in [-0.3, -0.25) is 27.8 Å². The first-order chi connectivity index (χ1) is 41.8. The van der Waals surface area contributed by atoms with Crippen molar-refractivity contribution >= 4 is 178 Å². The third-order valence-corrected chi connectivity index (χ3v) is 16.0. The Morgan fingerprint density at radius 3 is 1.16 bits per heavy atom. The highest BCUT2D eigenvalue weighted by atomic mass is 35.5. The molecule has 2 amide bonds. The molecule has 9 rings (SSSR count). The second-order valence-electron chi connectivity index (χ2n) is 18.4. The predicted octanol–water partition coefficient (Wildman–Crippen LogP) is 10.7. The van der Waals surface area contributed by atoms with Crippen LogP contribution in [0.1, 0.15) is 19.4 Å². The molecule has 0 bridgehead atoms. The number of rotatable bonds is 20. The van der Waals surface area contributed by atoms with Gasteiger partial charge in [-0.05, 0) is 96.4 Å². The van der Waals surface area contributed by atoms with E-state index in [0.717, 1.165) is 42.0 Å². The lowest BCUT2D eigenvalue weighted by Gasteiger charge is -2.16. The number of azo groups is 2. The number of methoxy groups -OCH3 is 2. The monoisotopic (exact) mass is 1330 g/mol. The van der Waals surface area contributed by atoms with E-state index in [-0.39, 0.29) is 113 Å². The summed E-state index contributed by atoms with van der Waals surface area (Å²) in [4.78, 5) is 47.9. The van der Waals surface area contributed by atoms with Crippen LogP contribution in [0.4, 0.5) is 80.7 Å². The fraction of sp³-hybridized carbons (Fsp3) is 0.0980. The van der Waals surface area contributed by atoms with Crippen molar-refractivity contribution in [2.24, 2.45) is 20.5 Å². The predicted molar refractivity (Wildman–Crippen MR) is 324 cm³/mol. The molecule has 2 heterocycles. The molecule has 0 aliphatic heterocycles. The van der Waals surface area contributed by atoms with Crippen LogP contribution in [-0.4, -0.2) is 108 Å². The molecule has 0 atom stereocenters. The van der Waals surface area contributed by atoms with E-state index in [1.165, 1.54) is 76.6 Å². The summed E-state index contributed by atoms with van der Waals surface area (Å²) in [6.45, 7) is 4.20. The summed E-state index contributed by atoms with van der Waals surface area (Å²) >= 11 is 12.9. The zero-order valence-corrected chi connectivity index (χ0v) is 50.6. The van der Waals surface area contributed by atoms with Gasteiger partial charge in [0.05, 0.1) is 59.7 Å². The fourth-order valence-corrected chi connectivity index (χ4v) is 11.7. The minimum atomic E-state index is -4.99. The zero-order valence-electron chi connectivity index (χ0n) is 45.9. The van der Waals surface area contributed by atoms with Crippen LogP contribution in [-0.2, 0) is 50.1 Å². The van der Waals surface area contributed by atoms with Gasteiger partial charge in [0.25, 0.3) is 40.5 Å². The summed E-state index contributed by atoms with van der Waals surface area (Å²) < 4.78 is 150. The number of anilines is 10. The van der Waals surface area contributed by atoms with Crippen molar-refractivity contribution < 1.29 is 70.9 Å². The number of benzene rings is 7. The smallest absolute Gasteiger partial charge is 0.295 e. The first kappa shape index (κ1) is 63.7. The molecule has 0 spiro atoms. The second kappa shape index (κ2) is 25.1. The van der Waals surface area contributed by atoms with Gasteiger partial charge in [0.15, 0.2) is 0 Å². The lowest BCUT2D eigenvalue weighted by molar-refractivity contribution is -0.115. The second-order valence-corrected chi connectivity index (χ2v) is 24.7. The number of amides is 2. The number of aryl methyl sites for hydroxylation is 1. The summed E-state index contributed by atoms with van der Waals surface area (Å²) in [5.74, 6) is -1.60. The summed E-state index contributed by atoms with van der Waals surface area (Å²) in [5.41, 5.74) is 0.915. The van der Waals surface area contributed by atoms with E-state index >= 15 is 0 Å². The molecule has 38 heteroatoms. The van der Waals surface area contributed by atoms with E-state index < -0.39 is 71.9 Å². The summed E-state index contributed by atoms with van der Waals surface area (Å²) in [5, 5.41) is 32.0. The number of nitrogens with zero attached hydrogens (tertiary/aromatic N) is 10. The zero-order chi connectivity index (χ0) is 64.5. The number of halogens is 2. The van der Waals surface area contributed by atoms with Gasteiger partial charge in [-0.2, -0.15) is 73.8 Å². The topological polar surface area (TPSA) is 469 Å². The van der Waals surface area contributed by atoms with E-state index in [2.05, 4.69) is 82.3 Å². The molecule has 0 radical (unpaired) electrons. The number of aromatic nitrogens is 6. The Hall–Kier alpha value is -9.76. The van der Waals surface area contributed by atoms with Crippen molar-refractivity contribution in [3.8, 4) is 11.5 Å². The van der Waals surface area contributed by atoms with Crippen LogP contribution < -0.4 is 41.4 Å². The Bertz CT molecular complexity index is 4980. The maximum absolute atomic E-state index is 12.5. The highest BCUT2D eigenvalue weighted by Crippen LogP contribution is 2.43. The van der Waals surface area contributed by atoms with Crippen LogP contribution in [0.25, 0.3) is 21.5 Å². The van der Waals surface area contributed by atoms with E-state index in [4.69, 9.17) is 32.7 Å². The highest BCUT2D eigenvalue weighted by Gasteiger charge is 2.25. The molecule has 0 aliphatic carbocycles. The quantitative estimate of drug-likeness (QED) is 0.0250. The molecule has 9 aromatic rings. The summed E-state index contributed by atoms with van der Waals surface area (Å²) in [7, 11) is -17.2. The molecule has 89 heavy (non-hydrogen) atoms. The SMILES string of the molecule is COc1cc(N=Nc2cc(S(=O)(=O)O)c3cccc(S(=O)(=O)O)c3c2)c(NC(C)=O)cc1Nc1nc(Cl)nc(Nc2ccc(C)cc2Nc2nc(Cl)nc(Nc3cc(NC(C)=O)c(N=Nc4cc(S(=O)(=O)O)c5cccc(S(=O)(=O)O)c5c4)cc3OC)n2)n1.